The first kappa shape index (κ1) is 12.6. The molecule has 2 heterocycles. The van der Waals surface area contributed by atoms with Gasteiger partial charge in [-0.3, -0.25) is 0 Å². The Morgan fingerprint density at radius 2 is 2.28 bits per heavy atom. The van der Waals surface area contributed by atoms with Crippen LogP contribution in [0.5, 0.6) is 0 Å². The Kier molecular flexibility index (Phi) is 3.99. The number of rotatable bonds is 2. The summed E-state index contributed by atoms with van der Waals surface area (Å²) in [4.78, 5) is 20.1. The molecule has 1 fully saturated rings. The molecule has 0 saturated carbocycles. The number of carbonyl (C=O) groups is 1. The molecule has 7 heteroatoms. The van der Waals surface area contributed by atoms with E-state index in [1.54, 1.807) is 18.0 Å². The molecule has 6 nitrogen and oxygen atoms in total. The summed E-state index contributed by atoms with van der Waals surface area (Å²) in [5.41, 5.74) is 0. The van der Waals surface area contributed by atoms with E-state index in [9.17, 15) is 4.79 Å². The largest absolute Gasteiger partial charge is 0.450 e. The summed E-state index contributed by atoms with van der Waals surface area (Å²) in [6.07, 6.45) is 1.33. The third-order valence-electron chi connectivity index (χ3n) is 2.68. The minimum Gasteiger partial charge on any atom is -0.450 e. The number of piperazine rings is 1. The van der Waals surface area contributed by atoms with E-state index in [0.29, 0.717) is 24.6 Å². The number of amides is 1. The number of thiazole rings is 1. The smallest absolute Gasteiger partial charge is 0.409 e. The maximum atomic E-state index is 11.5. The van der Waals surface area contributed by atoms with Crippen LogP contribution < -0.4 is 4.90 Å². The van der Waals surface area contributed by atoms with Gasteiger partial charge >= 0.3 is 6.09 Å². The van der Waals surface area contributed by atoms with Crippen molar-refractivity contribution in [3.05, 3.63) is 11.1 Å². The topological polar surface area (TPSA) is 69.5 Å². The normalized spacial score (nSPS) is 15.3. The first-order valence-corrected chi connectivity index (χ1v) is 6.58. The van der Waals surface area contributed by atoms with Crippen LogP contribution in [0.15, 0.2) is 6.20 Å². The average molecular weight is 266 g/mol. The highest BCUT2D eigenvalue weighted by Gasteiger charge is 2.23. The van der Waals surface area contributed by atoms with E-state index in [-0.39, 0.29) is 6.09 Å². The third kappa shape index (κ3) is 2.71. The molecule has 18 heavy (non-hydrogen) atoms. The lowest BCUT2D eigenvalue weighted by molar-refractivity contribution is 0.105. The standard InChI is InChI=1S/C11H14N4O2S/c1-2-17-11(16)15-5-3-14(4-6-15)10-13-8-9(7-12)18-10/h8H,2-6H2,1H3. The van der Waals surface area contributed by atoms with Gasteiger partial charge < -0.3 is 14.5 Å². The van der Waals surface area contributed by atoms with Gasteiger partial charge in [-0.05, 0) is 6.92 Å². The number of hydrogen-bond donors (Lipinski definition) is 0. The maximum absolute atomic E-state index is 11.5. The summed E-state index contributed by atoms with van der Waals surface area (Å²) < 4.78 is 4.96. The molecule has 0 bridgehead atoms. The zero-order valence-electron chi connectivity index (χ0n) is 10.1. The number of nitrogens with zero attached hydrogens (tertiary/aromatic N) is 4. The lowest BCUT2D eigenvalue weighted by Crippen LogP contribution is -2.48. The minimum atomic E-state index is -0.256. The molecule has 1 aliphatic rings. The molecule has 1 saturated heterocycles. The molecule has 96 valence electrons. The minimum absolute atomic E-state index is 0.256. The van der Waals surface area contributed by atoms with E-state index in [4.69, 9.17) is 10.00 Å². The molecular weight excluding hydrogens is 252 g/mol. The van der Waals surface area contributed by atoms with Crippen LogP contribution in [0.4, 0.5) is 9.93 Å². The highest BCUT2D eigenvalue weighted by molar-refractivity contribution is 7.16. The second-order valence-electron chi connectivity index (χ2n) is 3.79. The van der Waals surface area contributed by atoms with Crippen molar-refractivity contribution in [2.75, 3.05) is 37.7 Å². The molecular formula is C11H14N4O2S. The van der Waals surface area contributed by atoms with Crippen LogP contribution in [0, 0.1) is 11.3 Å². The zero-order valence-corrected chi connectivity index (χ0v) is 10.9. The monoisotopic (exact) mass is 266 g/mol. The van der Waals surface area contributed by atoms with Crippen molar-refractivity contribution in [3.8, 4) is 6.07 Å². The second-order valence-corrected chi connectivity index (χ2v) is 4.80. The molecule has 1 aromatic heterocycles. The summed E-state index contributed by atoms with van der Waals surface area (Å²) in [7, 11) is 0. The van der Waals surface area contributed by atoms with E-state index in [2.05, 4.69) is 16.0 Å². The van der Waals surface area contributed by atoms with Gasteiger partial charge in [0.2, 0.25) is 0 Å². The van der Waals surface area contributed by atoms with E-state index in [0.717, 1.165) is 18.2 Å². The van der Waals surface area contributed by atoms with E-state index < -0.39 is 0 Å². The fraction of sp³-hybridized carbons (Fsp3) is 0.545. The van der Waals surface area contributed by atoms with Crippen molar-refractivity contribution in [2.24, 2.45) is 0 Å². The highest BCUT2D eigenvalue weighted by Crippen LogP contribution is 2.22. The molecule has 1 aliphatic heterocycles. The Labute approximate surface area is 109 Å². The van der Waals surface area contributed by atoms with Crippen molar-refractivity contribution in [2.45, 2.75) is 6.92 Å². The molecule has 2 rings (SSSR count). The first-order valence-electron chi connectivity index (χ1n) is 5.77. The van der Waals surface area contributed by atoms with Gasteiger partial charge in [-0.15, -0.1) is 0 Å². The number of nitriles is 1. The number of hydrogen-bond acceptors (Lipinski definition) is 6. The van der Waals surface area contributed by atoms with Crippen LogP contribution in [0.3, 0.4) is 0 Å². The Hall–Kier alpha value is -1.81. The fourth-order valence-corrected chi connectivity index (χ4v) is 2.52. The molecule has 0 N–H and O–H groups in total. The fourth-order valence-electron chi connectivity index (χ4n) is 1.76. The van der Waals surface area contributed by atoms with Gasteiger partial charge in [0.05, 0.1) is 12.8 Å². The van der Waals surface area contributed by atoms with Crippen molar-refractivity contribution in [1.82, 2.24) is 9.88 Å². The number of anilines is 1. The molecule has 1 amide bonds. The van der Waals surface area contributed by atoms with E-state index in [1.165, 1.54) is 11.3 Å². The van der Waals surface area contributed by atoms with Gasteiger partial charge in [-0.1, -0.05) is 11.3 Å². The Morgan fingerprint density at radius 1 is 1.56 bits per heavy atom. The van der Waals surface area contributed by atoms with Crippen LogP contribution in [0.1, 0.15) is 11.8 Å². The van der Waals surface area contributed by atoms with Crippen LogP contribution in [-0.4, -0.2) is 48.8 Å². The maximum Gasteiger partial charge on any atom is 0.409 e. The lowest BCUT2D eigenvalue weighted by atomic mass is 10.3. The summed E-state index contributed by atoms with van der Waals surface area (Å²) in [6, 6.07) is 2.08. The quantitative estimate of drug-likeness (QED) is 0.806. The number of carbonyl (C=O) groups excluding carboxylic acids is 1. The average Bonchev–Trinajstić information content (AvgIpc) is 2.88. The SMILES string of the molecule is CCOC(=O)N1CCN(c2ncc(C#N)s2)CC1. The van der Waals surface area contributed by atoms with Gasteiger partial charge in [0, 0.05) is 26.2 Å². The summed E-state index contributed by atoms with van der Waals surface area (Å²) in [6.45, 7) is 4.89. The molecule has 0 atom stereocenters. The van der Waals surface area contributed by atoms with Crippen molar-refractivity contribution in [1.29, 1.82) is 5.26 Å². The summed E-state index contributed by atoms with van der Waals surface area (Å²) in [5.74, 6) is 0. The predicted octanol–water partition coefficient (Wildman–Crippen LogP) is 1.29. The Balaban J connectivity index is 1.90. The molecule has 0 aromatic carbocycles. The van der Waals surface area contributed by atoms with Crippen LogP contribution >= 0.6 is 11.3 Å². The second kappa shape index (κ2) is 5.69. The zero-order chi connectivity index (χ0) is 13.0. The third-order valence-corrected chi connectivity index (χ3v) is 3.64. The van der Waals surface area contributed by atoms with E-state index in [1.807, 2.05) is 0 Å². The molecule has 0 spiro atoms. The molecule has 0 aliphatic carbocycles. The van der Waals surface area contributed by atoms with Crippen LogP contribution in [0.2, 0.25) is 0 Å². The van der Waals surface area contributed by atoms with Crippen LogP contribution in [0.25, 0.3) is 0 Å². The molecule has 0 unspecified atom stereocenters. The van der Waals surface area contributed by atoms with Crippen molar-refractivity contribution < 1.29 is 9.53 Å². The Morgan fingerprint density at radius 3 is 2.83 bits per heavy atom. The summed E-state index contributed by atoms with van der Waals surface area (Å²) in [5, 5.41) is 9.60. The van der Waals surface area contributed by atoms with Crippen molar-refractivity contribution >= 4 is 22.6 Å². The molecule has 0 radical (unpaired) electrons. The van der Waals surface area contributed by atoms with Gasteiger partial charge in [-0.25, -0.2) is 9.78 Å². The van der Waals surface area contributed by atoms with Gasteiger partial charge in [0.25, 0.3) is 0 Å². The van der Waals surface area contributed by atoms with Gasteiger partial charge in [-0.2, -0.15) is 5.26 Å². The predicted molar refractivity (Wildman–Crippen MR) is 67.6 cm³/mol. The van der Waals surface area contributed by atoms with E-state index >= 15 is 0 Å². The lowest BCUT2D eigenvalue weighted by Gasteiger charge is -2.33. The van der Waals surface area contributed by atoms with Crippen molar-refractivity contribution in [3.63, 3.8) is 0 Å². The first-order chi connectivity index (χ1) is 8.74. The Bertz CT molecular complexity index is 460. The highest BCUT2D eigenvalue weighted by atomic mass is 32.1. The number of ether oxygens (including phenoxy) is 1. The van der Waals surface area contributed by atoms with Gasteiger partial charge in [0.15, 0.2) is 5.13 Å². The molecule has 1 aromatic rings. The number of aromatic nitrogens is 1. The van der Waals surface area contributed by atoms with Crippen LogP contribution in [-0.2, 0) is 4.74 Å². The summed E-state index contributed by atoms with van der Waals surface area (Å²) >= 11 is 1.38. The van der Waals surface area contributed by atoms with Gasteiger partial charge in [0.1, 0.15) is 10.9 Å².